The molecule has 3 aromatic rings. The molecule has 6 nitrogen and oxygen atoms in total. The van der Waals surface area contributed by atoms with Crippen LogP contribution < -0.4 is 10.1 Å². The number of anilines is 1. The number of halogens is 1. The third-order valence-electron chi connectivity index (χ3n) is 3.54. The first-order valence-electron chi connectivity index (χ1n) is 6.94. The number of aryl methyl sites for hydroxylation is 2. The van der Waals surface area contributed by atoms with Crippen LogP contribution in [0.4, 0.5) is 5.69 Å². The monoisotopic (exact) mass is 330 g/mol. The minimum atomic E-state index is -0.332. The second-order valence-electron chi connectivity index (χ2n) is 5.08. The van der Waals surface area contributed by atoms with Gasteiger partial charge in [0.1, 0.15) is 5.75 Å². The zero-order chi connectivity index (χ0) is 16.6. The second kappa shape index (κ2) is 5.89. The number of hydrogen-bond donors (Lipinski definition) is 1. The molecule has 0 radical (unpaired) electrons. The van der Waals surface area contributed by atoms with Crippen LogP contribution in [-0.4, -0.2) is 27.8 Å². The molecule has 118 valence electrons. The van der Waals surface area contributed by atoms with Gasteiger partial charge in [0.15, 0.2) is 5.65 Å². The summed E-state index contributed by atoms with van der Waals surface area (Å²) in [5.74, 6) is 0.325. The molecule has 2 aromatic heterocycles. The molecule has 0 aliphatic rings. The minimum Gasteiger partial charge on any atom is -0.497 e. The normalized spacial score (nSPS) is 10.8. The van der Waals surface area contributed by atoms with Crippen molar-refractivity contribution in [2.45, 2.75) is 6.92 Å². The van der Waals surface area contributed by atoms with Gasteiger partial charge in [-0.1, -0.05) is 17.7 Å². The quantitative estimate of drug-likeness (QED) is 0.800. The van der Waals surface area contributed by atoms with E-state index in [1.807, 2.05) is 6.92 Å². The van der Waals surface area contributed by atoms with Crippen LogP contribution >= 0.6 is 11.6 Å². The number of carbonyl (C=O) groups excluding carboxylic acids is 1. The molecule has 23 heavy (non-hydrogen) atoms. The van der Waals surface area contributed by atoms with Crippen LogP contribution in [-0.2, 0) is 7.05 Å². The fourth-order valence-corrected chi connectivity index (χ4v) is 2.78. The van der Waals surface area contributed by atoms with E-state index in [2.05, 4.69) is 15.4 Å². The number of nitrogens with one attached hydrogen (secondary N) is 1. The predicted octanol–water partition coefficient (Wildman–Crippen LogP) is 3.19. The van der Waals surface area contributed by atoms with E-state index < -0.39 is 0 Å². The molecule has 1 amide bonds. The van der Waals surface area contributed by atoms with Gasteiger partial charge in [0.2, 0.25) is 0 Å². The maximum atomic E-state index is 12.5. The standard InChI is InChI=1S/C16H15ClN4O2/c1-9-13-14(17)12(8-18-15(13)21(2)20-9)16(22)19-10-5-4-6-11(7-10)23-3/h4-8H,1-3H3,(H,19,22). The highest BCUT2D eigenvalue weighted by Gasteiger charge is 2.18. The van der Waals surface area contributed by atoms with E-state index in [0.29, 0.717) is 33.1 Å². The van der Waals surface area contributed by atoms with Gasteiger partial charge in [0, 0.05) is 25.0 Å². The maximum Gasteiger partial charge on any atom is 0.258 e. The van der Waals surface area contributed by atoms with E-state index in [4.69, 9.17) is 16.3 Å². The van der Waals surface area contributed by atoms with Crippen molar-refractivity contribution in [3.8, 4) is 5.75 Å². The lowest BCUT2D eigenvalue weighted by Gasteiger charge is -2.08. The van der Waals surface area contributed by atoms with Gasteiger partial charge < -0.3 is 10.1 Å². The number of fused-ring (bicyclic) bond motifs is 1. The summed E-state index contributed by atoms with van der Waals surface area (Å²) in [6.07, 6.45) is 1.46. The van der Waals surface area contributed by atoms with Crippen LogP contribution in [0.15, 0.2) is 30.5 Å². The molecule has 7 heteroatoms. The van der Waals surface area contributed by atoms with Gasteiger partial charge in [0.25, 0.3) is 5.91 Å². The van der Waals surface area contributed by atoms with Crippen molar-refractivity contribution in [1.29, 1.82) is 0 Å². The molecule has 0 spiro atoms. The largest absolute Gasteiger partial charge is 0.497 e. The summed E-state index contributed by atoms with van der Waals surface area (Å²) in [6, 6.07) is 7.10. The Bertz CT molecular complexity index is 904. The number of hydrogen-bond acceptors (Lipinski definition) is 4. The molecular weight excluding hydrogens is 316 g/mol. The second-order valence-corrected chi connectivity index (χ2v) is 5.46. The predicted molar refractivity (Wildman–Crippen MR) is 89.2 cm³/mol. The Morgan fingerprint density at radius 3 is 2.91 bits per heavy atom. The lowest BCUT2D eigenvalue weighted by molar-refractivity contribution is 0.102. The summed E-state index contributed by atoms with van der Waals surface area (Å²) in [5, 5.41) is 8.11. The molecule has 0 unspecified atom stereocenters. The van der Waals surface area contributed by atoms with Gasteiger partial charge in [-0.05, 0) is 19.1 Å². The molecule has 0 aliphatic carbocycles. The Kier molecular flexibility index (Phi) is 3.92. The molecule has 0 aliphatic heterocycles. The SMILES string of the molecule is COc1cccc(NC(=O)c2cnc3c(c(C)nn3C)c2Cl)c1. The zero-order valence-electron chi connectivity index (χ0n) is 12.9. The fourth-order valence-electron chi connectivity index (χ4n) is 2.43. The Morgan fingerprint density at radius 2 is 2.17 bits per heavy atom. The Labute approximate surface area is 138 Å². The summed E-state index contributed by atoms with van der Waals surface area (Å²) < 4.78 is 6.78. The summed E-state index contributed by atoms with van der Waals surface area (Å²) in [4.78, 5) is 16.8. The maximum absolute atomic E-state index is 12.5. The highest BCUT2D eigenvalue weighted by Crippen LogP contribution is 2.28. The molecule has 0 fully saturated rings. The number of methoxy groups -OCH3 is 1. The third-order valence-corrected chi connectivity index (χ3v) is 3.93. The number of rotatable bonds is 3. The number of aromatic nitrogens is 3. The molecule has 1 N–H and O–H groups in total. The zero-order valence-corrected chi connectivity index (χ0v) is 13.7. The summed E-state index contributed by atoms with van der Waals surface area (Å²) in [5.41, 5.74) is 2.30. The first-order valence-corrected chi connectivity index (χ1v) is 7.32. The van der Waals surface area contributed by atoms with Crippen molar-refractivity contribution in [2.24, 2.45) is 7.05 Å². The summed E-state index contributed by atoms with van der Waals surface area (Å²) in [6.45, 7) is 1.83. The van der Waals surface area contributed by atoms with Crippen molar-refractivity contribution in [3.05, 3.63) is 46.7 Å². The van der Waals surface area contributed by atoms with E-state index in [9.17, 15) is 4.79 Å². The first-order chi connectivity index (χ1) is 11.0. The molecule has 2 heterocycles. The first kappa shape index (κ1) is 15.3. The molecular formula is C16H15ClN4O2. The number of ether oxygens (including phenoxy) is 1. The molecule has 0 saturated carbocycles. The van der Waals surface area contributed by atoms with Crippen molar-refractivity contribution < 1.29 is 9.53 Å². The highest BCUT2D eigenvalue weighted by molar-refractivity contribution is 6.39. The van der Waals surface area contributed by atoms with Gasteiger partial charge in [-0.25, -0.2) is 4.98 Å². The van der Waals surface area contributed by atoms with Crippen molar-refractivity contribution in [1.82, 2.24) is 14.8 Å². The van der Waals surface area contributed by atoms with Gasteiger partial charge in [0.05, 0.1) is 28.8 Å². The molecule has 0 saturated heterocycles. The lowest BCUT2D eigenvalue weighted by atomic mass is 10.2. The van der Waals surface area contributed by atoms with Crippen molar-refractivity contribution in [3.63, 3.8) is 0 Å². The number of benzene rings is 1. The van der Waals surface area contributed by atoms with Crippen LogP contribution in [0.1, 0.15) is 16.1 Å². The summed E-state index contributed by atoms with van der Waals surface area (Å²) in [7, 11) is 3.36. The smallest absolute Gasteiger partial charge is 0.258 e. The highest BCUT2D eigenvalue weighted by atomic mass is 35.5. The van der Waals surface area contributed by atoms with Gasteiger partial charge in [-0.2, -0.15) is 5.10 Å². The molecule has 3 rings (SSSR count). The average Bonchev–Trinajstić information content (AvgIpc) is 2.83. The number of carbonyl (C=O) groups is 1. The van der Waals surface area contributed by atoms with Crippen LogP contribution in [0.2, 0.25) is 5.02 Å². The topological polar surface area (TPSA) is 69.0 Å². The van der Waals surface area contributed by atoms with E-state index in [1.165, 1.54) is 6.20 Å². The molecule has 0 bridgehead atoms. The summed E-state index contributed by atoms with van der Waals surface area (Å²) >= 11 is 6.40. The van der Waals surface area contributed by atoms with Crippen molar-refractivity contribution in [2.75, 3.05) is 12.4 Å². The minimum absolute atomic E-state index is 0.304. The van der Waals surface area contributed by atoms with E-state index in [1.54, 1.807) is 43.1 Å². The van der Waals surface area contributed by atoms with E-state index in [0.717, 1.165) is 5.69 Å². The van der Waals surface area contributed by atoms with E-state index >= 15 is 0 Å². The Balaban J connectivity index is 1.97. The van der Waals surface area contributed by atoms with Gasteiger partial charge in [-0.15, -0.1) is 0 Å². The number of pyridine rings is 1. The van der Waals surface area contributed by atoms with Crippen LogP contribution in [0.5, 0.6) is 5.75 Å². The van der Waals surface area contributed by atoms with Crippen molar-refractivity contribution >= 4 is 34.2 Å². The molecule has 1 aromatic carbocycles. The van der Waals surface area contributed by atoms with Crippen LogP contribution in [0.25, 0.3) is 11.0 Å². The van der Waals surface area contributed by atoms with Gasteiger partial charge >= 0.3 is 0 Å². The Hall–Kier alpha value is -2.60. The Morgan fingerprint density at radius 1 is 1.39 bits per heavy atom. The fraction of sp³-hybridized carbons (Fsp3) is 0.188. The van der Waals surface area contributed by atoms with Crippen LogP contribution in [0.3, 0.4) is 0 Å². The van der Waals surface area contributed by atoms with E-state index in [-0.39, 0.29) is 5.91 Å². The number of nitrogens with zero attached hydrogens (tertiary/aromatic N) is 3. The number of amides is 1. The van der Waals surface area contributed by atoms with Crippen LogP contribution in [0, 0.1) is 6.92 Å². The third kappa shape index (κ3) is 2.73. The molecule has 0 atom stereocenters. The average molecular weight is 331 g/mol. The lowest BCUT2D eigenvalue weighted by Crippen LogP contribution is -2.13. The van der Waals surface area contributed by atoms with Gasteiger partial charge in [-0.3, -0.25) is 9.48 Å².